The van der Waals surface area contributed by atoms with E-state index in [1.807, 2.05) is 12.1 Å². The zero-order valence-corrected chi connectivity index (χ0v) is 15.3. The Kier molecular flexibility index (Phi) is 5.11. The largest absolute Gasteiger partial charge is 0.504 e. The minimum Gasteiger partial charge on any atom is -0.504 e. The fraction of sp³-hybridized carbons (Fsp3) is 0.300. The van der Waals surface area contributed by atoms with Crippen LogP contribution in [-0.2, 0) is 0 Å². The second-order valence-corrected chi connectivity index (χ2v) is 5.66. The highest BCUT2D eigenvalue weighted by atomic mass is 16.5. The second kappa shape index (κ2) is 7.47. The van der Waals surface area contributed by atoms with Crippen LogP contribution in [0.2, 0.25) is 0 Å². The van der Waals surface area contributed by atoms with Gasteiger partial charge < -0.3 is 28.8 Å². The summed E-state index contributed by atoms with van der Waals surface area (Å²) in [5.74, 6) is 2.58. The molecule has 0 bridgehead atoms. The van der Waals surface area contributed by atoms with Crippen molar-refractivity contribution in [1.29, 1.82) is 0 Å². The lowest BCUT2D eigenvalue weighted by Crippen LogP contribution is -2.03. The van der Waals surface area contributed by atoms with E-state index in [0.29, 0.717) is 41.8 Å². The molecule has 1 heterocycles. The molecular weight excluding hydrogens is 336 g/mol. The average molecular weight is 358 g/mol. The van der Waals surface area contributed by atoms with Crippen LogP contribution in [0.25, 0.3) is 5.57 Å². The van der Waals surface area contributed by atoms with Crippen molar-refractivity contribution >= 4 is 5.57 Å². The first-order chi connectivity index (χ1) is 12.6. The predicted octanol–water partition coefficient (Wildman–Crippen LogP) is 3.64. The summed E-state index contributed by atoms with van der Waals surface area (Å²) >= 11 is 0. The number of hydrogen-bond donors (Lipinski definition) is 1. The number of fused-ring (bicyclic) bond motifs is 1. The van der Waals surface area contributed by atoms with Crippen LogP contribution in [0.5, 0.6) is 34.5 Å². The van der Waals surface area contributed by atoms with Crippen LogP contribution in [0.1, 0.15) is 17.5 Å². The van der Waals surface area contributed by atoms with Crippen LogP contribution in [0.4, 0.5) is 0 Å². The molecule has 2 aromatic rings. The van der Waals surface area contributed by atoms with Crippen molar-refractivity contribution in [2.24, 2.45) is 0 Å². The third-order valence-corrected chi connectivity index (χ3v) is 4.28. The molecule has 0 saturated carbocycles. The number of rotatable bonds is 5. The van der Waals surface area contributed by atoms with Crippen molar-refractivity contribution in [2.75, 3.05) is 35.0 Å². The molecule has 138 valence electrons. The van der Waals surface area contributed by atoms with E-state index in [2.05, 4.69) is 6.08 Å². The zero-order chi connectivity index (χ0) is 18.7. The van der Waals surface area contributed by atoms with Crippen molar-refractivity contribution in [3.63, 3.8) is 0 Å². The van der Waals surface area contributed by atoms with E-state index in [1.54, 1.807) is 33.5 Å². The van der Waals surface area contributed by atoms with Gasteiger partial charge in [-0.15, -0.1) is 0 Å². The highest BCUT2D eigenvalue weighted by Gasteiger charge is 2.26. The van der Waals surface area contributed by atoms with Crippen LogP contribution in [0.3, 0.4) is 0 Å². The molecule has 6 nitrogen and oxygen atoms in total. The van der Waals surface area contributed by atoms with E-state index >= 15 is 0 Å². The van der Waals surface area contributed by atoms with Gasteiger partial charge in [0.05, 0.1) is 35.0 Å². The molecule has 6 heteroatoms. The highest BCUT2D eigenvalue weighted by Crippen LogP contribution is 2.50. The average Bonchev–Trinajstić information content (AvgIpc) is 2.88. The quantitative estimate of drug-likeness (QED) is 0.880. The molecule has 1 aliphatic rings. The van der Waals surface area contributed by atoms with Crippen molar-refractivity contribution in [3.8, 4) is 34.5 Å². The van der Waals surface area contributed by atoms with Crippen molar-refractivity contribution in [2.45, 2.75) is 6.42 Å². The minimum absolute atomic E-state index is 0.0741. The molecule has 26 heavy (non-hydrogen) atoms. The zero-order valence-electron chi connectivity index (χ0n) is 15.3. The molecule has 0 saturated heterocycles. The summed E-state index contributed by atoms with van der Waals surface area (Å²) in [5.41, 5.74) is 2.56. The summed E-state index contributed by atoms with van der Waals surface area (Å²) in [6.07, 6.45) is 2.78. The van der Waals surface area contributed by atoms with Gasteiger partial charge in [-0.2, -0.15) is 0 Å². The molecule has 0 unspecified atom stereocenters. The number of benzene rings is 2. The lowest BCUT2D eigenvalue weighted by Gasteiger charge is -2.20. The van der Waals surface area contributed by atoms with Crippen LogP contribution < -0.4 is 23.7 Å². The standard InChI is InChI=1S/C20H22O6/c1-22-16-8-7-12(10-15(16)21)13-6-5-9-26-18-14(13)11-17(23-2)19(24-3)20(18)25-4/h6-8,10-11,21H,5,9H2,1-4H3. The molecule has 0 radical (unpaired) electrons. The summed E-state index contributed by atoms with van der Waals surface area (Å²) in [6.45, 7) is 0.504. The molecule has 1 aliphatic heterocycles. The summed E-state index contributed by atoms with van der Waals surface area (Å²) in [7, 11) is 6.21. The first kappa shape index (κ1) is 17.8. The Morgan fingerprint density at radius 2 is 1.62 bits per heavy atom. The van der Waals surface area contributed by atoms with E-state index < -0.39 is 0 Å². The Morgan fingerprint density at radius 1 is 0.885 bits per heavy atom. The van der Waals surface area contributed by atoms with Crippen molar-refractivity contribution in [3.05, 3.63) is 41.5 Å². The summed E-state index contributed by atoms with van der Waals surface area (Å²) in [6, 6.07) is 7.15. The molecular formula is C20H22O6. The fourth-order valence-electron chi connectivity index (χ4n) is 3.08. The maximum absolute atomic E-state index is 10.2. The van der Waals surface area contributed by atoms with Crippen LogP contribution in [-0.4, -0.2) is 40.2 Å². The van der Waals surface area contributed by atoms with Gasteiger partial charge in [0.2, 0.25) is 11.5 Å². The smallest absolute Gasteiger partial charge is 0.207 e. The van der Waals surface area contributed by atoms with E-state index in [1.165, 1.54) is 7.11 Å². The summed E-state index contributed by atoms with van der Waals surface area (Å²) < 4.78 is 27.5. The van der Waals surface area contributed by atoms with Crippen LogP contribution >= 0.6 is 0 Å². The van der Waals surface area contributed by atoms with Gasteiger partial charge in [0, 0.05) is 12.0 Å². The van der Waals surface area contributed by atoms with Gasteiger partial charge in [0.25, 0.3) is 0 Å². The predicted molar refractivity (Wildman–Crippen MR) is 97.9 cm³/mol. The maximum Gasteiger partial charge on any atom is 0.207 e. The second-order valence-electron chi connectivity index (χ2n) is 5.66. The Bertz CT molecular complexity index is 841. The van der Waals surface area contributed by atoms with Gasteiger partial charge in [0.1, 0.15) is 0 Å². The molecule has 2 aromatic carbocycles. The Morgan fingerprint density at radius 3 is 2.23 bits per heavy atom. The van der Waals surface area contributed by atoms with E-state index in [9.17, 15) is 5.11 Å². The molecule has 3 rings (SSSR count). The van der Waals surface area contributed by atoms with Crippen molar-refractivity contribution in [1.82, 2.24) is 0 Å². The molecule has 0 spiro atoms. The Labute approximate surface area is 152 Å². The lowest BCUT2D eigenvalue weighted by atomic mass is 9.95. The Balaban J connectivity index is 2.22. The van der Waals surface area contributed by atoms with E-state index in [-0.39, 0.29) is 5.75 Å². The topological polar surface area (TPSA) is 66.4 Å². The van der Waals surface area contributed by atoms with Crippen LogP contribution in [0, 0.1) is 0 Å². The Hall–Kier alpha value is -3.02. The molecule has 0 aliphatic carbocycles. The lowest BCUT2D eigenvalue weighted by molar-refractivity contribution is 0.281. The first-order valence-corrected chi connectivity index (χ1v) is 8.18. The first-order valence-electron chi connectivity index (χ1n) is 8.18. The number of phenolic OH excluding ortho intramolecular Hbond substituents is 1. The third-order valence-electron chi connectivity index (χ3n) is 4.28. The minimum atomic E-state index is 0.0741. The number of aromatic hydroxyl groups is 1. The molecule has 0 fully saturated rings. The van der Waals surface area contributed by atoms with Gasteiger partial charge >= 0.3 is 0 Å². The normalized spacial score (nSPS) is 13.0. The maximum atomic E-state index is 10.2. The molecule has 0 amide bonds. The number of hydrogen-bond acceptors (Lipinski definition) is 6. The van der Waals surface area contributed by atoms with Crippen LogP contribution in [0.15, 0.2) is 30.3 Å². The number of methoxy groups -OCH3 is 4. The van der Waals surface area contributed by atoms with E-state index in [0.717, 1.165) is 16.7 Å². The van der Waals surface area contributed by atoms with Gasteiger partial charge in [-0.25, -0.2) is 0 Å². The molecule has 1 N–H and O–H groups in total. The summed E-state index contributed by atoms with van der Waals surface area (Å²) in [4.78, 5) is 0. The van der Waals surface area contributed by atoms with Crippen molar-refractivity contribution < 1.29 is 28.8 Å². The van der Waals surface area contributed by atoms with Gasteiger partial charge in [-0.3, -0.25) is 0 Å². The molecule has 0 aromatic heterocycles. The highest BCUT2D eigenvalue weighted by molar-refractivity contribution is 5.87. The molecule has 0 atom stereocenters. The van der Waals surface area contributed by atoms with E-state index in [4.69, 9.17) is 23.7 Å². The van der Waals surface area contributed by atoms with Gasteiger partial charge in [-0.1, -0.05) is 12.1 Å². The number of phenols is 1. The third kappa shape index (κ3) is 2.98. The summed E-state index contributed by atoms with van der Waals surface area (Å²) in [5, 5.41) is 10.2. The number of ether oxygens (including phenoxy) is 5. The SMILES string of the molecule is COc1ccc(C2=CCCOc3c2cc(OC)c(OC)c3OC)cc1O. The van der Waals surface area contributed by atoms with Gasteiger partial charge in [0.15, 0.2) is 23.0 Å². The monoisotopic (exact) mass is 358 g/mol. The fourth-order valence-corrected chi connectivity index (χ4v) is 3.08. The van der Waals surface area contributed by atoms with Gasteiger partial charge in [-0.05, 0) is 29.3 Å².